The van der Waals surface area contributed by atoms with Crippen molar-refractivity contribution in [1.82, 2.24) is 30.4 Å². The normalized spacial score (nSPS) is 19.2. The average Bonchev–Trinajstić information content (AvgIpc) is 2.86. The minimum absolute atomic E-state index is 0.0444. The third-order valence-electron chi connectivity index (χ3n) is 7.38. The molecule has 2 aliphatic rings. The second-order valence-electron chi connectivity index (χ2n) is 10.0. The lowest BCUT2D eigenvalue weighted by Gasteiger charge is -2.29. The first-order valence-electron chi connectivity index (χ1n) is 12.5. The van der Waals surface area contributed by atoms with Crippen molar-refractivity contribution in [2.24, 2.45) is 0 Å². The second kappa shape index (κ2) is 9.87. The Morgan fingerprint density at radius 2 is 1.61 bits per heavy atom. The molecule has 10 heteroatoms. The van der Waals surface area contributed by atoms with E-state index in [-0.39, 0.29) is 56.8 Å². The lowest BCUT2D eigenvalue weighted by Crippen LogP contribution is -2.43. The Bertz CT molecular complexity index is 1470. The molecule has 0 radical (unpaired) electrons. The Hall–Kier alpha value is -3.50. The second-order valence-corrected chi connectivity index (χ2v) is 10.0. The molecular formula is C26H32N6O4. The number of phenols is 1. The molecule has 0 spiro atoms. The fourth-order valence-corrected chi connectivity index (χ4v) is 5.05. The molecule has 2 aromatic carbocycles. The predicted octanol–water partition coefficient (Wildman–Crippen LogP) is 0.107. The summed E-state index contributed by atoms with van der Waals surface area (Å²) in [5.74, 6) is -0.523. The fraction of sp³-hybridized carbons (Fsp3) is 0.462. The zero-order valence-electron chi connectivity index (χ0n) is 20.6. The zero-order valence-corrected chi connectivity index (χ0v) is 20.6. The highest BCUT2D eigenvalue weighted by Gasteiger charge is 2.22. The maximum Gasteiger partial charge on any atom is 0.253 e. The molecule has 1 aromatic heterocycles. The largest absolute Gasteiger partial charge is 0.507 e. The number of aromatic amines is 1. The van der Waals surface area contributed by atoms with Crippen LogP contribution in [-0.2, 0) is 0 Å². The number of nitrogens with zero attached hydrogens (tertiary/aromatic N) is 3. The molecule has 10 nitrogen and oxygen atoms in total. The highest BCUT2D eigenvalue weighted by atomic mass is 16.3. The van der Waals surface area contributed by atoms with E-state index < -0.39 is 5.43 Å². The number of fused-ring (bicyclic) bond motifs is 2. The number of nitrogens with one attached hydrogen (secondary N) is 3. The molecule has 2 aliphatic heterocycles. The van der Waals surface area contributed by atoms with Gasteiger partial charge < -0.3 is 30.5 Å². The maximum absolute atomic E-state index is 13.2. The Balaban J connectivity index is 1.56. The number of hydrogen-bond donors (Lipinski definition) is 4. The number of carbonyl (C=O) groups excluding carboxylic acids is 1. The van der Waals surface area contributed by atoms with Crippen LogP contribution in [0.2, 0.25) is 0 Å². The van der Waals surface area contributed by atoms with Gasteiger partial charge in [-0.2, -0.15) is 0 Å². The molecule has 0 atom stereocenters. The van der Waals surface area contributed by atoms with Gasteiger partial charge in [-0.25, -0.2) is 4.98 Å². The molecule has 3 heterocycles. The third kappa shape index (κ3) is 4.78. The van der Waals surface area contributed by atoms with E-state index in [2.05, 4.69) is 44.5 Å². The molecule has 190 valence electrons. The van der Waals surface area contributed by atoms with Crippen molar-refractivity contribution in [2.75, 3.05) is 40.3 Å². The van der Waals surface area contributed by atoms with Crippen molar-refractivity contribution in [3.05, 3.63) is 49.4 Å². The first kappa shape index (κ1) is 24.2. The quantitative estimate of drug-likeness (QED) is 0.378. The Kier molecular flexibility index (Phi) is 6.63. The summed E-state index contributed by atoms with van der Waals surface area (Å²) in [5, 5.41) is 17.3. The van der Waals surface area contributed by atoms with E-state index in [1.165, 1.54) is 12.1 Å². The van der Waals surface area contributed by atoms with Gasteiger partial charge in [-0.3, -0.25) is 14.4 Å². The smallest absolute Gasteiger partial charge is 0.253 e. The zero-order chi connectivity index (χ0) is 25.4. The summed E-state index contributed by atoms with van der Waals surface area (Å²) in [6.07, 6.45) is 5.26. The third-order valence-corrected chi connectivity index (χ3v) is 7.38. The van der Waals surface area contributed by atoms with E-state index in [0.717, 1.165) is 57.9 Å². The summed E-state index contributed by atoms with van der Waals surface area (Å²) in [4.78, 5) is 50.7. The van der Waals surface area contributed by atoms with Crippen molar-refractivity contribution < 1.29 is 9.90 Å². The number of phenolic OH excluding ortho intramolecular Hbond substituents is 1. The van der Waals surface area contributed by atoms with Gasteiger partial charge in [0.25, 0.3) is 5.91 Å². The highest BCUT2D eigenvalue weighted by molar-refractivity contribution is 6.06. The standard InChI is InChI=1S/C26H32N6O4/c1-31-9-5-15(6-10-31)27-14-18-20(34)13-21(35)25-23(18)30-24-19(33)4-3-17(22(24)29-25)26(36)28-16-7-11-32(2)12-8-16/h3-4,13-16,27,29,34H,5-12H2,1-2H3,(H,28,36)/b18-14-. The van der Waals surface area contributed by atoms with Crippen LogP contribution in [0.15, 0.2) is 27.8 Å². The van der Waals surface area contributed by atoms with E-state index in [9.17, 15) is 19.5 Å². The first-order valence-corrected chi connectivity index (χ1v) is 12.5. The van der Waals surface area contributed by atoms with Crippen LogP contribution in [0.5, 0.6) is 5.75 Å². The first-order chi connectivity index (χ1) is 17.3. The van der Waals surface area contributed by atoms with Crippen LogP contribution in [0.1, 0.15) is 36.0 Å². The van der Waals surface area contributed by atoms with E-state index in [1.54, 1.807) is 6.20 Å². The van der Waals surface area contributed by atoms with Crippen molar-refractivity contribution in [3.8, 4) is 5.75 Å². The summed E-state index contributed by atoms with van der Waals surface area (Å²) in [7, 11) is 4.14. The number of benzene rings is 2. The fourth-order valence-electron chi connectivity index (χ4n) is 5.05. The van der Waals surface area contributed by atoms with Gasteiger partial charge in [0.1, 0.15) is 22.3 Å². The van der Waals surface area contributed by atoms with Crippen LogP contribution in [0.3, 0.4) is 0 Å². The Morgan fingerprint density at radius 3 is 2.28 bits per heavy atom. The topological polar surface area (TPSA) is 131 Å². The number of carbonyl (C=O) groups is 1. The molecule has 5 rings (SSSR count). The summed E-state index contributed by atoms with van der Waals surface area (Å²) in [5.41, 5.74) is 0.0270. The maximum atomic E-state index is 13.2. The molecule has 36 heavy (non-hydrogen) atoms. The lowest BCUT2D eigenvalue weighted by atomic mass is 10.0. The minimum atomic E-state index is -0.466. The molecule has 2 saturated heterocycles. The van der Waals surface area contributed by atoms with Gasteiger partial charge in [0.15, 0.2) is 0 Å². The van der Waals surface area contributed by atoms with Crippen LogP contribution in [-0.4, -0.2) is 83.1 Å². The molecular weight excluding hydrogens is 460 g/mol. The minimum Gasteiger partial charge on any atom is -0.507 e. The van der Waals surface area contributed by atoms with E-state index in [0.29, 0.717) is 5.22 Å². The lowest BCUT2D eigenvalue weighted by molar-refractivity contribution is 0.0918. The summed E-state index contributed by atoms with van der Waals surface area (Å²) in [6, 6.07) is 4.20. The van der Waals surface area contributed by atoms with E-state index in [4.69, 9.17) is 0 Å². The van der Waals surface area contributed by atoms with Gasteiger partial charge in [-0.15, -0.1) is 0 Å². The number of aromatic hydroxyl groups is 1. The average molecular weight is 493 g/mol. The molecule has 0 bridgehead atoms. The van der Waals surface area contributed by atoms with Crippen LogP contribution >= 0.6 is 0 Å². The number of piperidine rings is 2. The summed E-state index contributed by atoms with van der Waals surface area (Å²) in [6.45, 7) is 3.74. The number of likely N-dealkylation sites (tertiary alicyclic amines) is 2. The van der Waals surface area contributed by atoms with Gasteiger partial charge in [-0.05, 0) is 78.1 Å². The predicted molar refractivity (Wildman–Crippen MR) is 139 cm³/mol. The van der Waals surface area contributed by atoms with Gasteiger partial charge in [0.05, 0.1) is 16.3 Å². The van der Waals surface area contributed by atoms with Crippen LogP contribution in [0, 0.1) is 0 Å². The molecule has 0 unspecified atom stereocenters. The SMILES string of the molecule is CN1CCC(N/C=c2/c(O)cc(=O)c3[nH]c4c(C(=O)NC5CCN(C)CC5)ccc(=O)c4nc23)CC1. The van der Waals surface area contributed by atoms with Crippen molar-refractivity contribution in [1.29, 1.82) is 0 Å². The van der Waals surface area contributed by atoms with Crippen LogP contribution < -0.4 is 26.7 Å². The van der Waals surface area contributed by atoms with Crippen molar-refractivity contribution in [3.63, 3.8) is 0 Å². The Labute approximate surface area is 208 Å². The molecule has 2 fully saturated rings. The monoisotopic (exact) mass is 492 g/mol. The summed E-state index contributed by atoms with van der Waals surface area (Å²) < 4.78 is 0. The van der Waals surface area contributed by atoms with Gasteiger partial charge in [0, 0.05) is 24.4 Å². The van der Waals surface area contributed by atoms with E-state index in [1.807, 2.05) is 0 Å². The van der Waals surface area contributed by atoms with Crippen LogP contribution in [0.4, 0.5) is 0 Å². The number of H-pyrrole nitrogens is 1. The van der Waals surface area contributed by atoms with Crippen molar-refractivity contribution in [2.45, 2.75) is 37.8 Å². The van der Waals surface area contributed by atoms with Crippen LogP contribution in [0.25, 0.3) is 28.3 Å². The molecule has 4 N–H and O–H groups in total. The van der Waals surface area contributed by atoms with Gasteiger partial charge in [-0.1, -0.05) is 0 Å². The van der Waals surface area contributed by atoms with E-state index >= 15 is 0 Å². The van der Waals surface area contributed by atoms with Gasteiger partial charge in [0.2, 0.25) is 10.9 Å². The van der Waals surface area contributed by atoms with Gasteiger partial charge >= 0.3 is 0 Å². The number of hydrogen-bond acceptors (Lipinski definition) is 8. The molecule has 1 amide bonds. The number of aromatic nitrogens is 2. The highest BCUT2D eigenvalue weighted by Crippen LogP contribution is 2.17. The number of rotatable bonds is 4. The van der Waals surface area contributed by atoms with Crippen molar-refractivity contribution >= 4 is 34.2 Å². The molecule has 0 aliphatic carbocycles. The number of amides is 1. The Morgan fingerprint density at radius 1 is 0.972 bits per heavy atom. The molecule has 3 aromatic rings. The molecule has 0 saturated carbocycles. The summed E-state index contributed by atoms with van der Waals surface area (Å²) >= 11 is 0.